The second-order valence-corrected chi connectivity index (χ2v) is 7.00. The van der Waals surface area contributed by atoms with Crippen LogP contribution in [0.3, 0.4) is 0 Å². The molecule has 0 bridgehead atoms. The van der Waals surface area contributed by atoms with Crippen molar-refractivity contribution in [2.24, 2.45) is 7.05 Å². The van der Waals surface area contributed by atoms with Crippen LogP contribution in [0.15, 0.2) is 61.4 Å². The van der Waals surface area contributed by atoms with Gasteiger partial charge in [-0.1, -0.05) is 23.7 Å². The number of aryl methyl sites for hydroxylation is 1. The fraction of sp³-hybridized carbons (Fsp3) is 0.0952. The molecule has 3 aromatic heterocycles. The van der Waals surface area contributed by atoms with Crippen molar-refractivity contribution in [2.75, 3.05) is 5.32 Å². The number of ketones is 1. The lowest BCUT2D eigenvalue weighted by Gasteiger charge is -2.07. The molecule has 0 radical (unpaired) electrons. The molecule has 0 aliphatic rings. The van der Waals surface area contributed by atoms with Crippen molar-refractivity contribution in [3.8, 4) is 0 Å². The number of carbonyl (C=O) groups is 2. The summed E-state index contributed by atoms with van der Waals surface area (Å²) in [7, 11) is 1.82. The highest BCUT2D eigenvalue weighted by atomic mass is 35.5. The second kappa shape index (κ2) is 7.81. The predicted molar refractivity (Wildman–Crippen MR) is 110 cm³/mol. The van der Waals surface area contributed by atoms with Gasteiger partial charge in [-0.25, -0.2) is 9.97 Å². The van der Waals surface area contributed by atoms with Crippen LogP contribution in [0.4, 0.5) is 5.69 Å². The first-order valence-electron chi connectivity index (χ1n) is 8.80. The molecule has 1 N–H and O–H groups in total. The normalized spacial score (nSPS) is 10.8. The van der Waals surface area contributed by atoms with E-state index in [0.29, 0.717) is 32.9 Å². The summed E-state index contributed by atoms with van der Waals surface area (Å²) in [5.41, 5.74) is 2.75. The summed E-state index contributed by atoms with van der Waals surface area (Å²) in [6.45, 7) is 0. The molecular formula is C21H16ClN5O2. The van der Waals surface area contributed by atoms with Crippen LogP contribution < -0.4 is 5.32 Å². The molecule has 4 aromatic rings. The van der Waals surface area contributed by atoms with Gasteiger partial charge in [0.1, 0.15) is 12.0 Å². The summed E-state index contributed by atoms with van der Waals surface area (Å²) in [5, 5.41) is 4.01. The number of hydrogen-bond acceptors (Lipinski definition) is 5. The van der Waals surface area contributed by atoms with Gasteiger partial charge < -0.3 is 9.88 Å². The number of anilines is 1. The van der Waals surface area contributed by atoms with E-state index >= 15 is 0 Å². The molecule has 1 aromatic carbocycles. The minimum atomic E-state index is -0.225. The number of carbonyl (C=O) groups excluding carboxylic acids is 2. The lowest BCUT2D eigenvalue weighted by Crippen LogP contribution is -2.15. The number of nitrogens with one attached hydrogen (secondary N) is 1. The van der Waals surface area contributed by atoms with Gasteiger partial charge in [0.25, 0.3) is 0 Å². The summed E-state index contributed by atoms with van der Waals surface area (Å²) >= 11 is 5.96. The van der Waals surface area contributed by atoms with Crippen molar-refractivity contribution < 1.29 is 9.59 Å². The van der Waals surface area contributed by atoms with Gasteiger partial charge in [-0.15, -0.1) is 0 Å². The molecule has 0 aliphatic carbocycles. The van der Waals surface area contributed by atoms with E-state index in [0.717, 1.165) is 5.56 Å². The van der Waals surface area contributed by atoms with Crippen molar-refractivity contribution in [3.63, 3.8) is 0 Å². The molecule has 0 atom stereocenters. The van der Waals surface area contributed by atoms with E-state index in [1.165, 1.54) is 18.7 Å². The Morgan fingerprint density at radius 2 is 2.00 bits per heavy atom. The van der Waals surface area contributed by atoms with E-state index in [1.807, 2.05) is 13.1 Å². The number of fused-ring (bicyclic) bond motifs is 1. The minimum absolute atomic E-state index is 0.166. The SMILES string of the molecule is Cn1cc(C(=O)c2cncc(NC(=O)Cc3cccc(Cl)c3)c2)c2cncnc21. The Balaban J connectivity index is 1.55. The van der Waals surface area contributed by atoms with Crippen LogP contribution in [0, 0.1) is 0 Å². The van der Waals surface area contributed by atoms with E-state index in [4.69, 9.17) is 11.6 Å². The van der Waals surface area contributed by atoms with E-state index < -0.39 is 0 Å². The Bertz CT molecular complexity index is 1230. The molecule has 0 aliphatic heterocycles. The number of benzene rings is 1. The van der Waals surface area contributed by atoms with Crippen LogP contribution in [-0.4, -0.2) is 31.2 Å². The number of hydrogen-bond donors (Lipinski definition) is 1. The highest BCUT2D eigenvalue weighted by molar-refractivity contribution is 6.30. The Morgan fingerprint density at radius 1 is 1.14 bits per heavy atom. The molecule has 29 heavy (non-hydrogen) atoms. The number of rotatable bonds is 5. The molecular weight excluding hydrogens is 390 g/mol. The van der Waals surface area contributed by atoms with Gasteiger partial charge in [-0.2, -0.15) is 0 Å². The van der Waals surface area contributed by atoms with Gasteiger partial charge in [0.15, 0.2) is 5.78 Å². The van der Waals surface area contributed by atoms with Crippen LogP contribution in [0.1, 0.15) is 21.5 Å². The number of aromatic nitrogens is 4. The van der Waals surface area contributed by atoms with Crippen molar-refractivity contribution in [3.05, 3.63) is 83.2 Å². The van der Waals surface area contributed by atoms with Crippen LogP contribution in [0.2, 0.25) is 5.02 Å². The molecule has 0 spiro atoms. The van der Waals surface area contributed by atoms with Crippen LogP contribution in [0.5, 0.6) is 0 Å². The molecule has 7 nitrogen and oxygen atoms in total. The van der Waals surface area contributed by atoms with Crippen molar-refractivity contribution in [2.45, 2.75) is 6.42 Å². The standard InChI is InChI=1S/C21H16ClN5O2/c1-27-11-18(17-10-24-12-25-21(17)27)20(29)14-7-16(9-23-8-14)26-19(28)6-13-3-2-4-15(22)5-13/h2-5,7-12H,6H2,1H3,(H,26,28). The largest absolute Gasteiger partial charge is 0.335 e. The van der Waals surface area contributed by atoms with Crippen molar-refractivity contribution in [1.29, 1.82) is 0 Å². The molecule has 8 heteroatoms. The lowest BCUT2D eigenvalue weighted by molar-refractivity contribution is -0.115. The van der Waals surface area contributed by atoms with Gasteiger partial charge >= 0.3 is 0 Å². The lowest BCUT2D eigenvalue weighted by atomic mass is 10.1. The molecule has 0 saturated carbocycles. The Labute approximate surface area is 171 Å². The van der Waals surface area contributed by atoms with Crippen LogP contribution in [-0.2, 0) is 18.3 Å². The average Bonchev–Trinajstić information content (AvgIpc) is 3.04. The third kappa shape index (κ3) is 4.00. The zero-order chi connectivity index (χ0) is 20.4. The smallest absolute Gasteiger partial charge is 0.228 e. The van der Waals surface area contributed by atoms with Crippen LogP contribution in [0.25, 0.3) is 11.0 Å². The highest BCUT2D eigenvalue weighted by Crippen LogP contribution is 2.22. The number of nitrogens with zero attached hydrogens (tertiary/aromatic N) is 4. The molecule has 1 amide bonds. The number of amides is 1. The van der Waals surface area contributed by atoms with E-state index in [1.54, 1.807) is 41.2 Å². The van der Waals surface area contributed by atoms with E-state index in [2.05, 4.69) is 20.3 Å². The first kappa shape index (κ1) is 18.8. The highest BCUT2D eigenvalue weighted by Gasteiger charge is 2.17. The molecule has 0 unspecified atom stereocenters. The maximum Gasteiger partial charge on any atom is 0.228 e. The zero-order valence-electron chi connectivity index (χ0n) is 15.5. The summed E-state index contributed by atoms with van der Waals surface area (Å²) in [6, 6.07) is 8.71. The van der Waals surface area contributed by atoms with Gasteiger partial charge in [0.2, 0.25) is 5.91 Å². The monoisotopic (exact) mass is 405 g/mol. The van der Waals surface area contributed by atoms with Crippen LogP contribution >= 0.6 is 11.6 Å². The fourth-order valence-electron chi connectivity index (χ4n) is 3.12. The average molecular weight is 406 g/mol. The van der Waals surface area contributed by atoms with Gasteiger partial charge in [-0.3, -0.25) is 14.6 Å². The number of halogens is 1. The molecule has 4 rings (SSSR count). The minimum Gasteiger partial charge on any atom is -0.335 e. The third-order valence-electron chi connectivity index (χ3n) is 4.42. The Kier molecular flexibility index (Phi) is 5.05. The van der Waals surface area contributed by atoms with Crippen molar-refractivity contribution >= 4 is 40.0 Å². The quantitative estimate of drug-likeness (QED) is 0.514. The first-order valence-corrected chi connectivity index (χ1v) is 9.18. The summed E-state index contributed by atoms with van der Waals surface area (Å²) in [5.74, 6) is -0.443. The summed E-state index contributed by atoms with van der Waals surface area (Å²) < 4.78 is 1.77. The molecule has 3 heterocycles. The van der Waals surface area contributed by atoms with E-state index in [9.17, 15) is 9.59 Å². The maximum absolute atomic E-state index is 13.0. The summed E-state index contributed by atoms with van der Waals surface area (Å²) in [6.07, 6.45) is 7.90. The maximum atomic E-state index is 13.0. The molecule has 0 saturated heterocycles. The van der Waals surface area contributed by atoms with Gasteiger partial charge in [0, 0.05) is 41.6 Å². The number of pyridine rings is 1. The molecule has 144 valence electrons. The first-order chi connectivity index (χ1) is 14.0. The Hall–Kier alpha value is -3.58. The topological polar surface area (TPSA) is 89.8 Å². The predicted octanol–water partition coefficient (Wildman–Crippen LogP) is 3.43. The summed E-state index contributed by atoms with van der Waals surface area (Å²) in [4.78, 5) is 37.6. The van der Waals surface area contributed by atoms with Gasteiger partial charge in [0.05, 0.1) is 23.9 Å². The fourth-order valence-corrected chi connectivity index (χ4v) is 3.34. The Morgan fingerprint density at radius 3 is 2.83 bits per heavy atom. The zero-order valence-corrected chi connectivity index (χ0v) is 16.2. The van der Waals surface area contributed by atoms with E-state index in [-0.39, 0.29) is 18.1 Å². The van der Waals surface area contributed by atoms with Crippen molar-refractivity contribution in [1.82, 2.24) is 19.5 Å². The molecule has 0 fully saturated rings. The van der Waals surface area contributed by atoms with Gasteiger partial charge in [-0.05, 0) is 23.8 Å². The second-order valence-electron chi connectivity index (χ2n) is 6.56. The third-order valence-corrected chi connectivity index (χ3v) is 4.66.